The number of aromatic amines is 1. The second kappa shape index (κ2) is 4.07. The molecule has 0 bridgehead atoms. The third-order valence-corrected chi connectivity index (χ3v) is 5.06. The third kappa shape index (κ3) is 1.74. The van der Waals surface area contributed by atoms with Crippen molar-refractivity contribution in [1.29, 1.82) is 0 Å². The molecule has 2 fully saturated rings. The normalized spacial score (nSPS) is 34.5. The Balaban J connectivity index is 1.58. The van der Waals surface area contributed by atoms with Crippen LogP contribution >= 0.6 is 0 Å². The summed E-state index contributed by atoms with van der Waals surface area (Å²) in [5.74, 6) is 0.560. The molecule has 0 aromatic carbocycles. The Kier molecular flexibility index (Phi) is 2.43. The maximum atomic E-state index is 12.6. The highest BCUT2D eigenvalue weighted by atomic mass is 16.4. The Labute approximate surface area is 116 Å². The Hall–Kier alpha value is -1.85. The largest absolute Gasteiger partial charge is 0.480 e. The lowest BCUT2D eigenvalue weighted by Crippen LogP contribution is -2.50. The SMILES string of the molecule is O=C(O)C1Cc2nc[nH]c2CN1C(=O)C1CC2CC2C1. The molecule has 6 nitrogen and oxygen atoms in total. The van der Waals surface area contributed by atoms with Crippen LogP contribution in [0.1, 0.15) is 30.7 Å². The van der Waals surface area contributed by atoms with Crippen molar-refractivity contribution in [2.75, 3.05) is 0 Å². The molecule has 0 radical (unpaired) electrons. The molecule has 0 spiro atoms. The zero-order valence-electron chi connectivity index (χ0n) is 11.1. The number of carboxylic acids is 1. The first kappa shape index (κ1) is 11.9. The maximum absolute atomic E-state index is 12.6. The Morgan fingerprint density at radius 3 is 2.75 bits per heavy atom. The molecule has 1 aromatic heterocycles. The minimum absolute atomic E-state index is 0.0184. The highest BCUT2D eigenvalue weighted by Crippen LogP contribution is 2.54. The monoisotopic (exact) mass is 275 g/mol. The minimum atomic E-state index is -0.935. The molecule has 4 rings (SSSR count). The first-order valence-electron chi connectivity index (χ1n) is 7.18. The van der Waals surface area contributed by atoms with Crippen LogP contribution in [0, 0.1) is 17.8 Å². The van der Waals surface area contributed by atoms with Gasteiger partial charge in [0, 0.05) is 12.3 Å². The number of imidazole rings is 1. The van der Waals surface area contributed by atoms with Crippen LogP contribution < -0.4 is 0 Å². The first-order chi connectivity index (χ1) is 9.63. The van der Waals surface area contributed by atoms with Gasteiger partial charge in [0.2, 0.25) is 5.91 Å². The molecule has 3 unspecified atom stereocenters. The maximum Gasteiger partial charge on any atom is 0.326 e. The summed E-state index contributed by atoms with van der Waals surface area (Å²) >= 11 is 0. The van der Waals surface area contributed by atoms with E-state index in [0.717, 1.165) is 36.1 Å². The number of aliphatic carboxylic acids is 1. The highest BCUT2D eigenvalue weighted by molar-refractivity contribution is 5.86. The van der Waals surface area contributed by atoms with Crippen molar-refractivity contribution in [3.63, 3.8) is 0 Å². The lowest BCUT2D eigenvalue weighted by atomic mass is 9.96. The van der Waals surface area contributed by atoms with Gasteiger partial charge >= 0.3 is 5.97 Å². The molecule has 1 amide bonds. The number of rotatable bonds is 2. The van der Waals surface area contributed by atoms with Crippen LogP contribution in [-0.4, -0.2) is 37.9 Å². The average Bonchev–Trinajstić information content (AvgIpc) is 2.88. The Bertz CT molecular complexity index is 572. The average molecular weight is 275 g/mol. The number of nitrogens with zero attached hydrogens (tertiary/aromatic N) is 2. The van der Waals surface area contributed by atoms with E-state index in [1.165, 1.54) is 11.3 Å². The van der Waals surface area contributed by atoms with Crippen molar-refractivity contribution >= 4 is 11.9 Å². The van der Waals surface area contributed by atoms with Gasteiger partial charge in [0.05, 0.1) is 24.3 Å². The van der Waals surface area contributed by atoms with E-state index in [4.69, 9.17) is 0 Å². The number of carboxylic acid groups (broad SMARTS) is 1. The van der Waals surface area contributed by atoms with Crippen LogP contribution in [0.5, 0.6) is 0 Å². The fraction of sp³-hybridized carbons (Fsp3) is 0.643. The van der Waals surface area contributed by atoms with Gasteiger partial charge in [-0.2, -0.15) is 0 Å². The van der Waals surface area contributed by atoms with E-state index in [0.29, 0.717) is 13.0 Å². The predicted molar refractivity (Wildman–Crippen MR) is 68.6 cm³/mol. The molecule has 2 heterocycles. The van der Waals surface area contributed by atoms with Gasteiger partial charge in [-0.15, -0.1) is 0 Å². The van der Waals surface area contributed by atoms with Gasteiger partial charge in [0.1, 0.15) is 6.04 Å². The number of H-pyrrole nitrogens is 1. The number of aromatic nitrogens is 2. The van der Waals surface area contributed by atoms with E-state index in [-0.39, 0.29) is 11.8 Å². The summed E-state index contributed by atoms with van der Waals surface area (Å²) in [5, 5.41) is 9.39. The Morgan fingerprint density at radius 1 is 1.30 bits per heavy atom. The number of amides is 1. The zero-order valence-corrected chi connectivity index (χ0v) is 11.1. The van der Waals surface area contributed by atoms with E-state index in [9.17, 15) is 14.7 Å². The molecule has 2 aliphatic carbocycles. The lowest BCUT2D eigenvalue weighted by Gasteiger charge is -2.34. The van der Waals surface area contributed by atoms with Gasteiger partial charge in [-0.05, 0) is 31.1 Å². The van der Waals surface area contributed by atoms with Crippen molar-refractivity contribution < 1.29 is 14.7 Å². The van der Waals surface area contributed by atoms with Gasteiger partial charge in [-0.1, -0.05) is 0 Å². The van der Waals surface area contributed by atoms with Gasteiger partial charge in [-0.25, -0.2) is 9.78 Å². The number of hydrogen-bond donors (Lipinski definition) is 2. The minimum Gasteiger partial charge on any atom is -0.480 e. The lowest BCUT2D eigenvalue weighted by molar-refractivity contribution is -0.153. The van der Waals surface area contributed by atoms with Crippen molar-refractivity contribution in [2.45, 2.75) is 38.3 Å². The summed E-state index contributed by atoms with van der Waals surface area (Å²) in [5.41, 5.74) is 1.65. The van der Waals surface area contributed by atoms with Crippen molar-refractivity contribution in [2.24, 2.45) is 17.8 Å². The van der Waals surface area contributed by atoms with Crippen LogP contribution in [0.25, 0.3) is 0 Å². The molecule has 1 aliphatic heterocycles. The van der Waals surface area contributed by atoms with E-state index in [1.807, 2.05) is 0 Å². The summed E-state index contributed by atoms with van der Waals surface area (Å²) in [4.78, 5) is 32.8. The predicted octanol–water partition coefficient (Wildman–Crippen LogP) is 0.794. The molecule has 1 aromatic rings. The van der Waals surface area contributed by atoms with Gasteiger partial charge < -0.3 is 15.0 Å². The highest BCUT2D eigenvalue weighted by Gasteiger charge is 2.50. The summed E-state index contributed by atoms with van der Waals surface area (Å²) < 4.78 is 0. The van der Waals surface area contributed by atoms with Crippen LogP contribution in [-0.2, 0) is 22.6 Å². The summed E-state index contributed by atoms with van der Waals surface area (Å²) in [7, 11) is 0. The summed E-state index contributed by atoms with van der Waals surface area (Å²) in [6.45, 7) is 0.344. The van der Waals surface area contributed by atoms with E-state index >= 15 is 0 Å². The molecule has 6 heteroatoms. The number of fused-ring (bicyclic) bond motifs is 2. The van der Waals surface area contributed by atoms with E-state index < -0.39 is 12.0 Å². The smallest absolute Gasteiger partial charge is 0.326 e. The van der Waals surface area contributed by atoms with E-state index in [2.05, 4.69) is 9.97 Å². The third-order valence-electron chi connectivity index (χ3n) is 5.06. The van der Waals surface area contributed by atoms with Gasteiger partial charge in [0.25, 0.3) is 0 Å². The number of nitrogens with one attached hydrogen (secondary N) is 1. The molecular weight excluding hydrogens is 258 g/mol. The van der Waals surface area contributed by atoms with Crippen molar-refractivity contribution in [3.05, 3.63) is 17.7 Å². The zero-order chi connectivity index (χ0) is 13.9. The standard InChI is InChI=1S/C14H17N3O3/c18-13(9-2-7-1-8(7)3-9)17-5-11-10(15-6-16-11)4-12(17)14(19)20/h6-9,12H,1-5H2,(H,15,16)(H,19,20). The second-order valence-corrected chi connectivity index (χ2v) is 6.28. The molecule has 2 N–H and O–H groups in total. The number of carbonyl (C=O) groups is 2. The fourth-order valence-electron chi connectivity index (χ4n) is 3.84. The van der Waals surface area contributed by atoms with E-state index in [1.54, 1.807) is 6.33 Å². The number of carbonyl (C=O) groups excluding carboxylic acids is 1. The fourth-order valence-corrected chi connectivity index (χ4v) is 3.84. The van der Waals surface area contributed by atoms with Crippen molar-refractivity contribution in [3.8, 4) is 0 Å². The molecule has 2 saturated carbocycles. The molecule has 106 valence electrons. The van der Waals surface area contributed by atoms with Crippen LogP contribution in [0.4, 0.5) is 0 Å². The molecule has 0 saturated heterocycles. The van der Waals surface area contributed by atoms with Gasteiger partial charge in [0.15, 0.2) is 0 Å². The Morgan fingerprint density at radius 2 is 2.05 bits per heavy atom. The summed E-state index contributed by atoms with van der Waals surface area (Å²) in [6.07, 6.45) is 5.03. The second-order valence-electron chi connectivity index (χ2n) is 6.28. The first-order valence-corrected chi connectivity index (χ1v) is 7.18. The molecular formula is C14H17N3O3. The van der Waals surface area contributed by atoms with Crippen LogP contribution in [0.15, 0.2) is 6.33 Å². The van der Waals surface area contributed by atoms with Crippen LogP contribution in [0.2, 0.25) is 0 Å². The number of hydrogen-bond acceptors (Lipinski definition) is 3. The molecule has 3 aliphatic rings. The topological polar surface area (TPSA) is 86.3 Å². The molecule has 3 atom stereocenters. The molecule has 20 heavy (non-hydrogen) atoms. The quantitative estimate of drug-likeness (QED) is 0.835. The summed E-state index contributed by atoms with van der Waals surface area (Å²) in [6, 6.07) is -0.768. The van der Waals surface area contributed by atoms with Gasteiger partial charge in [-0.3, -0.25) is 4.79 Å². The van der Waals surface area contributed by atoms with Crippen LogP contribution in [0.3, 0.4) is 0 Å². The van der Waals surface area contributed by atoms with Crippen molar-refractivity contribution in [1.82, 2.24) is 14.9 Å².